The van der Waals surface area contributed by atoms with Gasteiger partial charge in [-0.25, -0.2) is 8.42 Å². The predicted molar refractivity (Wildman–Crippen MR) is 97.0 cm³/mol. The number of carbonyl (C=O) groups excluding carboxylic acids is 2. The van der Waals surface area contributed by atoms with Crippen molar-refractivity contribution in [3.8, 4) is 0 Å². The Hall–Kier alpha value is -1.67. The number of nitrogens with one attached hydrogen (secondary N) is 2. The van der Waals surface area contributed by atoms with Crippen molar-refractivity contribution in [1.29, 1.82) is 0 Å². The van der Waals surface area contributed by atoms with E-state index in [0.717, 1.165) is 17.7 Å². The van der Waals surface area contributed by atoms with Crippen molar-refractivity contribution in [2.24, 2.45) is 0 Å². The number of nitrogens with zero attached hydrogens (tertiary/aromatic N) is 1. The zero-order chi connectivity index (χ0) is 18.6. The van der Waals surface area contributed by atoms with Gasteiger partial charge in [-0.2, -0.15) is 0 Å². The van der Waals surface area contributed by atoms with E-state index in [0.29, 0.717) is 43.9 Å². The summed E-state index contributed by atoms with van der Waals surface area (Å²) in [5.74, 6) is 0.105. The lowest BCUT2D eigenvalue weighted by molar-refractivity contribution is 0.0943. The third-order valence-corrected chi connectivity index (χ3v) is 6.13. The Balaban J connectivity index is 1.97. The van der Waals surface area contributed by atoms with Gasteiger partial charge in [0.2, 0.25) is 0 Å². The molecule has 7 nitrogen and oxygen atoms in total. The maximum Gasteiger partial charge on any atom is 0.268 e. The fraction of sp³-hybridized carbons (Fsp3) is 0.647. The molecule has 0 aromatic carbocycles. The lowest BCUT2D eigenvalue weighted by Crippen LogP contribution is -2.44. The van der Waals surface area contributed by atoms with Crippen molar-refractivity contribution in [3.05, 3.63) is 22.5 Å². The summed E-state index contributed by atoms with van der Waals surface area (Å²) in [6.45, 7) is 7.41. The Kier molecular flexibility index (Phi) is 6.40. The SMILES string of the molecule is CCCc1c(C(=O)NCCN2CCS(=O)(=O)CC2)[nH]c(C)c1C(C)=O. The lowest BCUT2D eigenvalue weighted by atomic mass is 10.0. The second-order valence-electron chi connectivity index (χ2n) is 6.53. The predicted octanol–water partition coefficient (Wildman–Crippen LogP) is 0.938. The Labute approximate surface area is 149 Å². The minimum Gasteiger partial charge on any atom is -0.354 e. The van der Waals surface area contributed by atoms with Gasteiger partial charge in [-0.15, -0.1) is 0 Å². The highest BCUT2D eigenvalue weighted by atomic mass is 32.2. The van der Waals surface area contributed by atoms with Crippen LogP contribution in [-0.4, -0.2) is 67.7 Å². The highest BCUT2D eigenvalue weighted by molar-refractivity contribution is 7.91. The molecule has 140 valence electrons. The number of aromatic amines is 1. The summed E-state index contributed by atoms with van der Waals surface area (Å²) in [6, 6.07) is 0. The van der Waals surface area contributed by atoms with Crippen molar-refractivity contribution in [3.63, 3.8) is 0 Å². The summed E-state index contributed by atoms with van der Waals surface area (Å²) in [7, 11) is -2.89. The average Bonchev–Trinajstić information content (AvgIpc) is 2.86. The molecule has 25 heavy (non-hydrogen) atoms. The second-order valence-corrected chi connectivity index (χ2v) is 8.84. The number of hydrogen-bond acceptors (Lipinski definition) is 5. The number of sulfone groups is 1. The van der Waals surface area contributed by atoms with Crippen LogP contribution >= 0.6 is 0 Å². The van der Waals surface area contributed by atoms with Crippen LogP contribution in [0.1, 0.15) is 52.4 Å². The van der Waals surface area contributed by atoms with Gasteiger partial charge < -0.3 is 10.3 Å². The van der Waals surface area contributed by atoms with Gasteiger partial charge in [0.15, 0.2) is 15.6 Å². The number of hydrogen-bond donors (Lipinski definition) is 2. The van der Waals surface area contributed by atoms with E-state index < -0.39 is 9.84 Å². The molecule has 1 aliphatic heterocycles. The van der Waals surface area contributed by atoms with E-state index in [1.54, 1.807) is 6.92 Å². The number of Topliss-reactive ketones (excluding diaryl/α,β-unsaturated/α-hetero) is 1. The molecule has 0 bridgehead atoms. The maximum atomic E-state index is 12.5. The smallest absolute Gasteiger partial charge is 0.268 e. The molecule has 0 atom stereocenters. The first-order chi connectivity index (χ1) is 11.7. The van der Waals surface area contributed by atoms with Crippen molar-refractivity contribution in [2.75, 3.05) is 37.7 Å². The first-order valence-electron chi connectivity index (χ1n) is 8.68. The molecule has 1 aromatic heterocycles. The van der Waals surface area contributed by atoms with Gasteiger partial charge in [0.25, 0.3) is 5.91 Å². The molecule has 1 aliphatic rings. The van der Waals surface area contributed by atoms with Gasteiger partial charge in [0.05, 0.1) is 11.5 Å². The normalized spacial score (nSPS) is 17.4. The molecule has 1 aromatic rings. The summed E-state index contributed by atoms with van der Waals surface area (Å²) in [4.78, 5) is 29.5. The van der Waals surface area contributed by atoms with Crippen LogP contribution in [0.5, 0.6) is 0 Å². The van der Waals surface area contributed by atoms with Gasteiger partial charge in [0.1, 0.15) is 5.69 Å². The van der Waals surface area contributed by atoms with E-state index in [4.69, 9.17) is 0 Å². The number of aromatic nitrogens is 1. The average molecular weight is 369 g/mol. The highest BCUT2D eigenvalue weighted by Gasteiger charge is 2.23. The van der Waals surface area contributed by atoms with Crippen LogP contribution < -0.4 is 5.32 Å². The van der Waals surface area contributed by atoms with E-state index in [1.807, 2.05) is 11.8 Å². The van der Waals surface area contributed by atoms with E-state index >= 15 is 0 Å². The second kappa shape index (κ2) is 8.14. The van der Waals surface area contributed by atoms with E-state index in [2.05, 4.69) is 10.3 Å². The number of amides is 1. The standard InChI is InChI=1S/C17H27N3O4S/c1-4-5-14-15(13(3)21)12(2)19-16(14)17(22)18-6-7-20-8-10-25(23,24)11-9-20/h19H,4-11H2,1-3H3,(H,18,22). The molecular formula is C17H27N3O4S. The van der Waals surface area contributed by atoms with Crippen LogP contribution in [0.4, 0.5) is 0 Å². The zero-order valence-corrected chi connectivity index (χ0v) is 16.0. The van der Waals surface area contributed by atoms with Gasteiger partial charge >= 0.3 is 0 Å². The monoisotopic (exact) mass is 369 g/mol. The first kappa shape index (κ1) is 19.7. The Morgan fingerprint density at radius 2 is 1.88 bits per heavy atom. The molecule has 1 saturated heterocycles. The van der Waals surface area contributed by atoms with Crippen LogP contribution in [0.2, 0.25) is 0 Å². The van der Waals surface area contributed by atoms with E-state index in [-0.39, 0.29) is 23.2 Å². The van der Waals surface area contributed by atoms with Crippen molar-refractivity contribution in [1.82, 2.24) is 15.2 Å². The topological polar surface area (TPSA) is 99.3 Å². The fourth-order valence-electron chi connectivity index (χ4n) is 3.24. The Morgan fingerprint density at radius 1 is 1.24 bits per heavy atom. The molecule has 0 unspecified atom stereocenters. The summed E-state index contributed by atoms with van der Waals surface area (Å²) in [5, 5.41) is 2.87. The van der Waals surface area contributed by atoms with Crippen LogP contribution in [0.3, 0.4) is 0 Å². The molecule has 8 heteroatoms. The zero-order valence-electron chi connectivity index (χ0n) is 15.1. The van der Waals surface area contributed by atoms with Crippen LogP contribution in [0.25, 0.3) is 0 Å². The van der Waals surface area contributed by atoms with Crippen LogP contribution in [0.15, 0.2) is 0 Å². The van der Waals surface area contributed by atoms with Crippen molar-refractivity contribution in [2.45, 2.75) is 33.6 Å². The lowest BCUT2D eigenvalue weighted by Gasteiger charge is -2.26. The largest absolute Gasteiger partial charge is 0.354 e. The molecule has 2 rings (SSSR count). The summed E-state index contributed by atoms with van der Waals surface area (Å²) in [5.41, 5.74) is 2.59. The van der Waals surface area contributed by atoms with Gasteiger partial charge in [-0.3, -0.25) is 14.5 Å². The molecule has 1 fully saturated rings. The first-order valence-corrected chi connectivity index (χ1v) is 10.5. The van der Waals surface area contributed by atoms with Crippen LogP contribution in [0, 0.1) is 6.92 Å². The number of H-pyrrole nitrogens is 1. The van der Waals surface area contributed by atoms with Gasteiger partial charge in [-0.05, 0) is 25.8 Å². The highest BCUT2D eigenvalue weighted by Crippen LogP contribution is 2.21. The Morgan fingerprint density at radius 3 is 2.44 bits per heavy atom. The van der Waals surface area contributed by atoms with Crippen molar-refractivity contribution >= 4 is 21.5 Å². The minimum atomic E-state index is -2.89. The molecule has 1 amide bonds. The molecule has 2 N–H and O–H groups in total. The number of ketones is 1. The number of carbonyl (C=O) groups is 2. The third kappa shape index (κ3) is 4.92. The molecule has 0 radical (unpaired) electrons. The van der Waals surface area contributed by atoms with Crippen LogP contribution in [-0.2, 0) is 16.3 Å². The quantitative estimate of drug-likeness (QED) is 0.697. The van der Waals surface area contributed by atoms with E-state index in [9.17, 15) is 18.0 Å². The number of rotatable bonds is 7. The molecule has 2 heterocycles. The fourth-order valence-corrected chi connectivity index (χ4v) is 4.51. The van der Waals surface area contributed by atoms with Gasteiger partial charge in [0, 0.05) is 37.4 Å². The maximum absolute atomic E-state index is 12.5. The molecular weight excluding hydrogens is 342 g/mol. The number of aryl methyl sites for hydroxylation is 1. The molecule has 0 saturated carbocycles. The molecule has 0 spiro atoms. The van der Waals surface area contributed by atoms with Crippen molar-refractivity contribution < 1.29 is 18.0 Å². The minimum absolute atomic E-state index is 0.0363. The molecule has 0 aliphatic carbocycles. The summed E-state index contributed by atoms with van der Waals surface area (Å²) < 4.78 is 22.8. The van der Waals surface area contributed by atoms with E-state index in [1.165, 1.54) is 6.92 Å². The van der Waals surface area contributed by atoms with Gasteiger partial charge in [-0.1, -0.05) is 13.3 Å². The summed E-state index contributed by atoms with van der Waals surface area (Å²) in [6.07, 6.45) is 1.52. The Bertz CT molecular complexity index is 738. The summed E-state index contributed by atoms with van der Waals surface area (Å²) >= 11 is 0. The third-order valence-electron chi connectivity index (χ3n) is 4.52.